The van der Waals surface area contributed by atoms with Crippen LogP contribution in [0.25, 0.3) is 97.0 Å². The molecule has 10 heterocycles. The first-order chi connectivity index (χ1) is 69.9. The van der Waals surface area contributed by atoms with Crippen LogP contribution in [0.3, 0.4) is 0 Å². The second-order valence-corrected chi connectivity index (χ2v) is 37.3. The molecule has 0 atom stereocenters. The van der Waals surface area contributed by atoms with Crippen LogP contribution in [0.4, 0.5) is 0 Å². The Morgan fingerprint density at radius 1 is 0.106 bits per heavy atom. The number of fused-ring (bicyclic) bond motifs is 39. The van der Waals surface area contributed by atoms with Gasteiger partial charge in [-0.05, 0) is 239 Å². The van der Waals surface area contributed by atoms with Gasteiger partial charge in [-0.2, -0.15) is 0 Å². The summed E-state index contributed by atoms with van der Waals surface area (Å²) in [5.74, 6) is 18.2. The van der Waals surface area contributed by atoms with Crippen LogP contribution in [0.1, 0.15) is 0 Å². The van der Waals surface area contributed by atoms with E-state index >= 15 is 0 Å². The molecular weight excluding hydrogens is 1730 g/mol. The molecule has 0 saturated carbocycles. The van der Waals surface area contributed by atoms with E-state index in [1.54, 1.807) is 0 Å². The van der Waals surface area contributed by atoms with Gasteiger partial charge in [0, 0.05) is 43.5 Å². The van der Waals surface area contributed by atoms with Gasteiger partial charge in [0.2, 0.25) is 0 Å². The predicted octanol–water partition coefficient (Wildman–Crippen LogP) is 22.4. The zero-order valence-corrected chi connectivity index (χ0v) is 75.6. The zero-order chi connectivity index (χ0) is 92.2. The van der Waals surface area contributed by atoms with Gasteiger partial charge in [-0.1, -0.05) is 340 Å². The first kappa shape index (κ1) is 79.2. The molecule has 10 aliphatic heterocycles. The number of para-hydroxylation sites is 5. The lowest BCUT2D eigenvalue weighted by molar-refractivity contribution is 0.464. The van der Waals surface area contributed by atoms with Crippen molar-refractivity contribution in [1.29, 1.82) is 0 Å². The topological polar surface area (TPSA) is 92.3 Å². The number of hydrogen-bond acceptors (Lipinski definition) is 10. The van der Waals surface area contributed by atoms with E-state index in [1.165, 1.54) is 141 Å². The molecule has 24 aromatic carbocycles. The van der Waals surface area contributed by atoms with Gasteiger partial charge in [-0.25, -0.2) is 0 Å². The fraction of sp³-hybridized carbons (Fsp3) is 0. The maximum atomic E-state index is 6.58. The fourth-order valence-electron chi connectivity index (χ4n) is 24.0. The lowest BCUT2D eigenvalue weighted by atomic mass is 9.34. The molecule has 0 spiro atoms. The molecule has 0 saturated heterocycles. The summed E-state index contributed by atoms with van der Waals surface area (Å²) < 4.78 is 63.4. The van der Waals surface area contributed by atoms with Crippen molar-refractivity contribution >= 4 is 212 Å². The van der Waals surface area contributed by atoms with Gasteiger partial charge >= 0.3 is 0 Å². The van der Waals surface area contributed by atoms with E-state index in [0.29, 0.717) is 0 Å². The molecular formula is C126H73B5O10. The van der Waals surface area contributed by atoms with Crippen LogP contribution in [0.15, 0.2) is 443 Å². The van der Waals surface area contributed by atoms with Gasteiger partial charge in [-0.3, -0.25) is 0 Å². The number of benzene rings is 24. The monoisotopic (exact) mass is 1800 g/mol. The van der Waals surface area contributed by atoms with Crippen molar-refractivity contribution in [2.45, 2.75) is 0 Å². The summed E-state index contributed by atoms with van der Waals surface area (Å²) in [5.41, 5.74) is 17.7. The van der Waals surface area contributed by atoms with E-state index < -0.39 is 0 Å². The molecule has 0 fully saturated rings. The van der Waals surface area contributed by atoms with E-state index in [2.05, 4.69) is 328 Å². The Kier molecular flexibility index (Phi) is 17.5. The van der Waals surface area contributed by atoms with Crippen molar-refractivity contribution in [2.75, 3.05) is 0 Å². The molecule has 10 nitrogen and oxygen atoms in total. The normalized spacial score (nSPS) is 13.3. The Balaban J connectivity index is 0.0000000827. The number of hydrogen-bond donors (Lipinski definition) is 0. The van der Waals surface area contributed by atoms with Crippen molar-refractivity contribution in [2.24, 2.45) is 0 Å². The molecule has 0 N–H and O–H groups in total. The molecule has 0 unspecified atom stereocenters. The molecule has 0 aromatic heterocycles. The lowest BCUT2D eigenvalue weighted by Gasteiger charge is -2.34. The second-order valence-electron chi connectivity index (χ2n) is 37.3. The van der Waals surface area contributed by atoms with Crippen LogP contribution in [0.2, 0.25) is 0 Å². The Morgan fingerprint density at radius 3 is 0.823 bits per heavy atom. The highest BCUT2D eigenvalue weighted by Crippen LogP contribution is 2.47. The van der Waals surface area contributed by atoms with Gasteiger partial charge in [0.25, 0.3) is 33.6 Å². The van der Waals surface area contributed by atoms with E-state index in [-0.39, 0.29) is 33.6 Å². The minimum Gasteiger partial charge on any atom is -0.458 e. The minimum absolute atomic E-state index is 0.0874. The van der Waals surface area contributed by atoms with Crippen molar-refractivity contribution in [1.82, 2.24) is 0 Å². The molecule has 652 valence electrons. The third-order valence-electron chi connectivity index (χ3n) is 30.0. The van der Waals surface area contributed by atoms with Crippen molar-refractivity contribution < 1.29 is 47.4 Å². The van der Waals surface area contributed by atoms with Gasteiger partial charge in [0.05, 0.1) is 0 Å². The third kappa shape index (κ3) is 12.2. The molecule has 0 radical (unpaired) electrons. The maximum Gasteiger partial charge on any atom is 0.261 e. The summed E-state index contributed by atoms with van der Waals surface area (Å²) in [4.78, 5) is 0. The van der Waals surface area contributed by atoms with E-state index in [1.807, 2.05) is 115 Å². The number of rotatable bonds is 0. The zero-order valence-electron chi connectivity index (χ0n) is 75.6. The summed E-state index contributed by atoms with van der Waals surface area (Å²) in [7, 11) is 0. The van der Waals surface area contributed by atoms with Crippen molar-refractivity contribution in [3.8, 4) is 115 Å². The van der Waals surface area contributed by atoms with Crippen molar-refractivity contribution in [3.63, 3.8) is 0 Å². The Bertz CT molecular complexity index is 9530. The minimum atomic E-state index is 0.0874. The average Bonchev–Trinajstić information content (AvgIpc) is 0.315. The average molecular weight is 1800 g/mol. The van der Waals surface area contributed by atoms with Crippen LogP contribution in [0.5, 0.6) is 115 Å². The van der Waals surface area contributed by atoms with E-state index in [9.17, 15) is 0 Å². The Morgan fingerprint density at radius 2 is 0.340 bits per heavy atom. The summed E-state index contributed by atoms with van der Waals surface area (Å²) in [6.07, 6.45) is 0. The number of ether oxygens (including phenoxy) is 10. The summed E-state index contributed by atoms with van der Waals surface area (Å²) in [6, 6.07) is 154. The van der Waals surface area contributed by atoms with Crippen LogP contribution in [0, 0.1) is 0 Å². The maximum absolute atomic E-state index is 6.58. The molecule has 0 aliphatic carbocycles. The standard InChI is InChI=1S/4C26H15BO2.C22H13BO2/c1-3-10-18-16(8-1)17-9-2-4-11-19(17)26-24(18)27-20-12-5-6-13-21(20)28-22-14-7-15-23(29-26)25(22)27;1-2-7-18-16(6-1)12-13-17-14-15-20-26(24(17)18)29-23-11-5-10-22-25(23)27(20)19-8-3-4-9-21(19)28-22;1-2-7-17-16(6-1)12-13-19-18(17)14-15-21-26(19)29-24-11-5-10-23-25(24)27(21)20-8-3-4-9-22(20)28-23;1-2-7-17-16(6-1)12-13-19-18(17)14-15-24-25(19)27-20-8-3-4-9-21(20)28-22-10-5-11-23(29-24)26(22)27;1-2-7-15-14(6-1)12-13-20-21(15)23-16-8-3-4-9-17(16)24-18-10-5-11-19(25-20)22(18)23/h4*1-15H;1-13H. The molecule has 0 amide bonds. The quantitative estimate of drug-likeness (QED) is 0.108. The molecule has 141 heavy (non-hydrogen) atoms. The van der Waals surface area contributed by atoms with Crippen LogP contribution >= 0.6 is 0 Å². The van der Waals surface area contributed by atoms with Gasteiger partial charge in [-0.15, -0.1) is 0 Å². The SMILES string of the molecule is c1ccc2c(c1)Oc1cccc3c1B2c1c(c2ccccc2c2ccccc12)O3.c1ccc2c(c1)Oc1cccc3c1B2c1c(ccc2c1ccc1ccccc12)O3.c1ccc2c(c1)Oc1cccc3c1B2c1c(ccc2ccccc12)O3.c1ccc2c(c1)Oc1cccc3c1B2c1ccc2c(ccc4ccccc42)c1O3.c1ccc2c(c1)Oc1cccc3c1B2c1ccc2ccc4ccccc4c2c1O3. The molecule has 24 aromatic rings. The predicted molar refractivity (Wildman–Crippen MR) is 578 cm³/mol. The van der Waals surface area contributed by atoms with Gasteiger partial charge < -0.3 is 47.4 Å². The highest BCUT2D eigenvalue weighted by Gasteiger charge is 2.48. The Hall–Kier alpha value is -18.1. The first-order valence-corrected chi connectivity index (χ1v) is 48.1. The highest BCUT2D eigenvalue weighted by atomic mass is 16.5. The lowest BCUT2D eigenvalue weighted by Crippen LogP contribution is -2.57. The van der Waals surface area contributed by atoms with Gasteiger partial charge in [0.1, 0.15) is 115 Å². The van der Waals surface area contributed by atoms with E-state index in [4.69, 9.17) is 47.4 Å². The van der Waals surface area contributed by atoms with Crippen LogP contribution in [-0.2, 0) is 0 Å². The molecule has 34 rings (SSSR count). The summed E-state index contributed by atoms with van der Waals surface area (Å²) in [5, 5.41) is 22.1. The third-order valence-corrected chi connectivity index (χ3v) is 30.0. The van der Waals surface area contributed by atoms with Crippen LogP contribution < -0.4 is 129 Å². The van der Waals surface area contributed by atoms with E-state index in [0.717, 1.165) is 153 Å². The highest BCUT2D eigenvalue weighted by molar-refractivity contribution is 7.02. The Labute approximate surface area is 812 Å². The largest absolute Gasteiger partial charge is 0.458 e. The molecule has 15 heteroatoms. The second kappa shape index (κ2) is 31.2. The smallest absolute Gasteiger partial charge is 0.261 e. The summed E-state index contributed by atoms with van der Waals surface area (Å²) >= 11 is 0. The molecule has 0 bridgehead atoms. The first-order valence-electron chi connectivity index (χ1n) is 48.1. The van der Waals surface area contributed by atoms with Crippen LogP contribution in [-0.4, -0.2) is 33.6 Å². The molecule has 10 aliphatic rings. The fourth-order valence-corrected chi connectivity index (χ4v) is 24.0. The van der Waals surface area contributed by atoms with Crippen molar-refractivity contribution in [3.05, 3.63) is 443 Å². The summed E-state index contributed by atoms with van der Waals surface area (Å²) in [6.45, 7) is 0.541. The van der Waals surface area contributed by atoms with Gasteiger partial charge in [0.15, 0.2) is 0 Å².